The second-order valence-corrected chi connectivity index (χ2v) is 7.55. The zero-order chi connectivity index (χ0) is 22.3. The summed E-state index contributed by atoms with van der Waals surface area (Å²) in [7, 11) is 0. The van der Waals surface area contributed by atoms with Crippen LogP contribution in [0.2, 0.25) is 0 Å². The van der Waals surface area contributed by atoms with Crippen LogP contribution in [0.4, 0.5) is 11.4 Å². The van der Waals surface area contributed by atoms with Crippen molar-refractivity contribution in [1.82, 2.24) is 0 Å². The van der Waals surface area contributed by atoms with Crippen LogP contribution in [0.15, 0.2) is 66.1 Å². The molecule has 1 aliphatic rings. The number of esters is 1. The first kappa shape index (κ1) is 21.1. The van der Waals surface area contributed by atoms with Crippen LogP contribution < -0.4 is 20.1 Å². The van der Waals surface area contributed by atoms with Gasteiger partial charge in [0.15, 0.2) is 18.1 Å². The second-order valence-electron chi connectivity index (χ2n) is 6.57. The molecule has 0 radical (unpaired) electrons. The number of hydrogen-bond donors (Lipinski definition) is 2. The molecule has 0 aliphatic carbocycles. The molecule has 32 heavy (non-hydrogen) atoms. The molecule has 2 heterocycles. The van der Waals surface area contributed by atoms with Crippen molar-refractivity contribution in [3.05, 3.63) is 76.5 Å². The van der Waals surface area contributed by atoms with Crippen molar-refractivity contribution >= 4 is 46.6 Å². The topological polar surface area (TPSA) is 103 Å². The number of anilines is 2. The number of para-hydroxylation sites is 1. The van der Waals surface area contributed by atoms with Crippen LogP contribution in [-0.2, 0) is 14.3 Å². The molecule has 2 N–H and O–H groups in total. The number of benzene rings is 2. The smallest absolute Gasteiger partial charge is 0.331 e. The van der Waals surface area contributed by atoms with E-state index in [-0.39, 0.29) is 12.4 Å². The van der Waals surface area contributed by atoms with E-state index in [1.165, 1.54) is 17.4 Å². The fourth-order valence-electron chi connectivity index (χ4n) is 2.87. The highest BCUT2D eigenvalue weighted by atomic mass is 32.1. The summed E-state index contributed by atoms with van der Waals surface area (Å²) >= 11 is 1.48. The summed E-state index contributed by atoms with van der Waals surface area (Å²) < 4.78 is 15.5. The van der Waals surface area contributed by atoms with Crippen molar-refractivity contribution in [2.24, 2.45) is 0 Å². The SMILES string of the molecule is O=C(COC(=O)/C=C/c1cccs1)Nc1ccccc1C(=O)Nc1ccc2c(c1)OCO2. The van der Waals surface area contributed by atoms with Crippen LogP contribution in [0.25, 0.3) is 6.08 Å². The average molecular weight is 450 g/mol. The standard InChI is InChI=1S/C23H18N2O6S/c26-21(13-29-22(27)10-8-16-4-3-11-32-16)25-18-6-2-1-5-17(18)23(28)24-15-7-9-19-20(12-15)31-14-30-19/h1-12H,13-14H2,(H,24,28)(H,25,26)/b10-8+. The number of ether oxygens (including phenoxy) is 3. The third-order valence-electron chi connectivity index (χ3n) is 4.35. The van der Waals surface area contributed by atoms with E-state index in [2.05, 4.69) is 10.6 Å². The van der Waals surface area contributed by atoms with Crippen LogP contribution in [0.3, 0.4) is 0 Å². The van der Waals surface area contributed by atoms with Gasteiger partial charge in [-0.25, -0.2) is 4.79 Å². The lowest BCUT2D eigenvalue weighted by molar-refractivity contribution is -0.142. The maximum Gasteiger partial charge on any atom is 0.331 e. The van der Waals surface area contributed by atoms with Crippen molar-refractivity contribution < 1.29 is 28.6 Å². The summed E-state index contributed by atoms with van der Waals surface area (Å²) in [5, 5.41) is 7.25. The van der Waals surface area contributed by atoms with Gasteiger partial charge in [0.2, 0.25) is 6.79 Å². The summed E-state index contributed by atoms with van der Waals surface area (Å²) in [6.07, 6.45) is 2.87. The summed E-state index contributed by atoms with van der Waals surface area (Å²) in [5.41, 5.74) is 1.06. The molecule has 3 aromatic rings. The Morgan fingerprint density at radius 3 is 2.69 bits per heavy atom. The normalized spacial score (nSPS) is 11.9. The van der Waals surface area contributed by atoms with Crippen molar-refractivity contribution in [2.75, 3.05) is 24.0 Å². The summed E-state index contributed by atoms with van der Waals surface area (Å²) in [5.74, 6) is -0.473. The van der Waals surface area contributed by atoms with Gasteiger partial charge in [-0.1, -0.05) is 18.2 Å². The number of carbonyl (C=O) groups excluding carboxylic acids is 3. The third-order valence-corrected chi connectivity index (χ3v) is 5.19. The predicted molar refractivity (Wildman–Crippen MR) is 120 cm³/mol. The number of amides is 2. The number of carbonyl (C=O) groups is 3. The number of nitrogens with one attached hydrogen (secondary N) is 2. The fourth-order valence-corrected chi connectivity index (χ4v) is 3.49. The first-order valence-corrected chi connectivity index (χ1v) is 10.4. The molecule has 0 spiro atoms. The Bertz CT molecular complexity index is 1170. The first-order chi connectivity index (χ1) is 15.6. The fraction of sp³-hybridized carbons (Fsp3) is 0.0870. The lowest BCUT2D eigenvalue weighted by Crippen LogP contribution is -2.22. The molecule has 0 saturated heterocycles. The van der Waals surface area contributed by atoms with Gasteiger partial charge in [-0.15, -0.1) is 11.3 Å². The first-order valence-electron chi connectivity index (χ1n) is 9.57. The largest absolute Gasteiger partial charge is 0.454 e. The molecule has 0 atom stereocenters. The van der Waals surface area contributed by atoms with Crippen LogP contribution >= 0.6 is 11.3 Å². The van der Waals surface area contributed by atoms with Gasteiger partial charge in [0.25, 0.3) is 11.8 Å². The van der Waals surface area contributed by atoms with Crippen molar-refractivity contribution in [2.45, 2.75) is 0 Å². The summed E-state index contributed by atoms with van der Waals surface area (Å²) in [6.45, 7) is -0.346. The minimum Gasteiger partial charge on any atom is -0.454 e. The van der Waals surface area contributed by atoms with Gasteiger partial charge < -0.3 is 24.8 Å². The lowest BCUT2D eigenvalue weighted by atomic mass is 10.1. The molecule has 0 bridgehead atoms. The molecule has 9 heteroatoms. The summed E-state index contributed by atoms with van der Waals surface area (Å²) in [6, 6.07) is 15.3. The van der Waals surface area contributed by atoms with Crippen LogP contribution in [0, 0.1) is 0 Å². The van der Waals surface area contributed by atoms with E-state index in [1.54, 1.807) is 48.5 Å². The Hall–Kier alpha value is -4.11. The van der Waals surface area contributed by atoms with Crippen LogP contribution in [0.1, 0.15) is 15.2 Å². The quantitative estimate of drug-likeness (QED) is 0.418. The molecule has 4 rings (SSSR count). The van der Waals surface area contributed by atoms with Crippen LogP contribution in [-0.4, -0.2) is 31.2 Å². The van der Waals surface area contributed by atoms with E-state index in [0.29, 0.717) is 22.9 Å². The number of hydrogen-bond acceptors (Lipinski definition) is 7. The molecule has 1 aliphatic heterocycles. The van der Waals surface area contributed by atoms with Crippen LogP contribution in [0.5, 0.6) is 11.5 Å². The highest BCUT2D eigenvalue weighted by molar-refractivity contribution is 7.10. The molecule has 1 aromatic heterocycles. The Morgan fingerprint density at radius 2 is 1.84 bits per heavy atom. The Labute approximate surface area is 187 Å². The van der Waals surface area contributed by atoms with E-state index >= 15 is 0 Å². The van der Waals surface area contributed by atoms with Gasteiger partial charge in [0.05, 0.1) is 11.3 Å². The van der Waals surface area contributed by atoms with E-state index in [1.807, 2.05) is 17.5 Å². The van der Waals surface area contributed by atoms with E-state index < -0.39 is 24.4 Å². The predicted octanol–water partition coefficient (Wildman–Crippen LogP) is 3.92. The molecular weight excluding hydrogens is 432 g/mol. The molecule has 0 saturated carbocycles. The maximum absolute atomic E-state index is 12.8. The zero-order valence-electron chi connectivity index (χ0n) is 16.7. The molecule has 2 aromatic carbocycles. The second kappa shape index (κ2) is 9.80. The van der Waals surface area contributed by atoms with Crippen molar-refractivity contribution in [3.63, 3.8) is 0 Å². The highest BCUT2D eigenvalue weighted by Gasteiger charge is 2.17. The average Bonchev–Trinajstić information content (AvgIpc) is 3.48. The Balaban J connectivity index is 1.34. The zero-order valence-corrected chi connectivity index (χ0v) is 17.5. The lowest BCUT2D eigenvalue weighted by Gasteiger charge is -2.12. The molecule has 162 valence electrons. The molecule has 0 unspecified atom stereocenters. The number of rotatable bonds is 7. The van der Waals surface area contributed by atoms with Gasteiger partial charge in [0, 0.05) is 22.7 Å². The summed E-state index contributed by atoms with van der Waals surface area (Å²) in [4.78, 5) is 37.7. The Kier molecular flexibility index (Phi) is 6.47. The van der Waals surface area contributed by atoms with Crippen molar-refractivity contribution in [3.8, 4) is 11.5 Å². The van der Waals surface area contributed by atoms with Gasteiger partial charge in [-0.2, -0.15) is 0 Å². The number of thiophene rings is 1. The molecular formula is C23H18N2O6S. The van der Waals surface area contributed by atoms with Gasteiger partial charge in [-0.3, -0.25) is 9.59 Å². The van der Waals surface area contributed by atoms with Crippen molar-refractivity contribution in [1.29, 1.82) is 0 Å². The maximum atomic E-state index is 12.8. The van der Waals surface area contributed by atoms with E-state index in [4.69, 9.17) is 14.2 Å². The minimum absolute atomic E-state index is 0.135. The van der Waals surface area contributed by atoms with E-state index in [9.17, 15) is 14.4 Å². The molecule has 0 fully saturated rings. The van der Waals surface area contributed by atoms with Gasteiger partial charge >= 0.3 is 5.97 Å². The van der Waals surface area contributed by atoms with Gasteiger partial charge in [0.1, 0.15) is 0 Å². The molecule has 2 amide bonds. The monoisotopic (exact) mass is 450 g/mol. The molecule has 8 nitrogen and oxygen atoms in total. The van der Waals surface area contributed by atoms with Gasteiger partial charge in [-0.05, 0) is 41.8 Å². The minimum atomic E-state index is -0.637. The number of fused-ring (bicyclic) bond motifs is 1. The third kappa shape index (κ3) is 5.32. The van der Waals surface area contributed by atoms with E-state index in [0.717, 1.165) is 4.88 Å². The highest BCUT2D eigenvalue weighted by Crippen LogP contribution is 2.34. The Morgan fingerprint density at radius 1 is 1.00 bits per heavy atom.